The molecule has 1 saturated carbocycles. The lowest BCUT2D eigenvalue weighted by Crippen LogP contribution is -2.25. The molecule has 1 fully saturated rings. The molecule has 1 nitrogen and oxygen atoms in total. The molecule has 1 aliphatic rings. The summed E-state index contributed by atoms with van der Waals surface area (Å²) < 4.78 is 0. The van der Waals surface area contributed by atoms with Gasteiger partial charge in [-0.15, -0.1) is 0 Å². The highest BCUT2D eigenvalue weighted by Gasteiger charge is 2.23. The molecule has 0 bridgehead atoms. The quantitative estimate of drug-likeness (QED) is 0.553. The fourth-order valence-corrected chi connectivity index (χ4v) is 1.76. The van der Waals surface area contributed by atoms with Crippen molar-refractivity contribution in [1.82, 2.24) is 0 Å². The molecule has 58 valence electrons. The Labute approximate surface area is 62.8 Å². The zero-order chi connectivity index (χ0) is 7.56. The lowest BCUT2D eigenvalue weighted by molar-refractivity contribution is 0.0961. The Morgan fingerprint density at radius 1 is 1.70 bits per heavy atom. The SMILES string of the molecule is C=C1CCC[C@H](O)[C@H]1CC. The average Bonchev–Trinajstić information content (AvgIpc) is 1.88. The van der Waals surface area contributed by atoms with Crippen LogP contribution in [0.5, 0.6) is 0 Å². The Morgan fingerprint density at radius 2 is 2.40 bits per heavy atom. The molecular formula is C9H16O. The van der Waals surface area contributed by atoms with E-state index in [1.165, 1.54) is 5.57 Å². The van der Waals surface area contributed by atoms with Gasteiger partial charge < -0.3 is 5.11 Å². The Hall–Kier alpha value is -0.300. The van der Waals surface area contributed by atoms with Crippen LogP contribution >= 0.6 is 0 Å². The molecule has 0 aromatic heterocycles. The van der Waals surface area contributed by atoms with Crippen LogP contribution in [0.2, 0.25) is 0 Å². The van der Waals surface area contributed by atoms with E-state index in [-0.39, 0.29) is 6.10 Å². The van der Waals surface area contributed by atoms with Gasteiger partial charge in [0.2, 0.25) is 0 Å². The first-order chi connectivity index (χ1) is 4.75. The smallest absolute Gasteiger partial charge is 0.0605 e. The van der Waals surface area contributed by atoms with Crippen LogP contribution in [0, 0.1) is 5.92 Å². The summed E-state index contributed by atoms with van der Waals surface area (Å²) >= 11 is 0. The molecule has 1 rings (SSSR count). The molecule has 1 aliphatic carbocycles. The van der Waals surface area contributed by atoms with Crippen molar-refractivity contribution in [2.24, 2.45) is 5.92 Å². The van der Waals surface area contributed by atoms with Crippen molar-refractivity contribution < 1.29 is 5.11 Å². The summed E-state index contributed by atoms with van der Waals surface area (Å²) in [6.45, 7) is 6.07. The fourth-order valence-electron chi connectivity index (χ4n) is 1.76. The van der Waals surface area contributed by atoms with E-state index in [0.717, 1.165) is 25.7 Å². The van der Waals surface area contributed by atoms with E-state index in [1.807, 2.05) is 0 Å². The van der Waals surface area contributed by atoms with E-state index in [4.69, 9.17) is 0 Å². The van der Waals surface area contributed by atoms with Crippen molar-refractivity contribution in [3.63, 3.8) is 0 Å². The second kappa shape index (κ2) is 3.20. The third-order valence-corrected chi connectivity index (χ3v) is 2.43. The van der Waals surface area contributed by atoms with Gasteiger partial charge in [-0.05, 0) is 25.7 Å². The highest BCUT2D eigenvalue weighted by atomic mass is 16.3. The third-order valence-electron chi connectivity index (χ3n) is 2.43. The summed E-state index contributed by atoms with van der Waals surface area (Å²) in [6.07, 6.45) is 4.15. The molecule has 1 N–H and O–H groups in total. The van der Waals surface area contributed by atoms with Crippen molar-refractivity contribution in [3.8, 4) is 0 Å². The van der Waals surface area contributed by atoms with Crippen LogP contribution in [0.1, 0.15) is 32.6 Å². The van der Waals surface area contributed by atoms with E-state index in [2.05, 4.69) is 13.5 Å². The largest absolute Gasteiger partial charge is 0.393 e. The topological polar surface area (TPSA) is 20.2 Å². The lowest BCUT2D eigenvalue weighted by Gasteiger charge is -2.28. The summed E-state index contributed by atoms with van der Waals surface area (Å²) in [4.78, 5) is 0. The molecule has 0 aromatic rings. The van der Waals surface area contributed by atoms with Gasteiger partial charge in [0.1, 0.15) is 0 Å². The monoisotopic (exact) mass is 140 g/mol. The Morgan fingerprint density at radius 3 is 2.80 bits per heavy atom. The average molecular weight is 140 g/mol. The lowest BCUT2D eigenvalue weighted by atomic mass is 9.81. The first kappa shape index (κ1) is 7.80. The van der Waals surface area contributed by atoms with Crippen LogP contribution in [0.25, 0.3) is 0 Å². The highest BCUT2D eigenvalue weighted by Crippen LogP contribution is 2.30. The van der Waals surface area contributed by atoms with Gasteiger partial charge in [-0.3, -0.25) is 0 Å². The van der Waals surface area contributed by atoms with Crippen LogP contribution < -0.4 is 0 Å². The molecule has 0 saturated heterocycles. The zero-order valence-corrected chi connectivity index (χ0v) is 6.64. The van der Waals surface area contributed by atoms with Crippen LogP contribution in [-0.2, 0) is 0 Å². The van der Waals surface area contributed by atoms with Crippen LogP contribution in [-0.4, -0.2) is 11.2 Å². The third kappa shape index (κ3) is 1.40. The maximum atomic E-state index is 9.48. The normalized spacial score (nSPS) is 34.4. The molecule has 1 heteroatoms. The van der Waals surface area contributed by atoms with Gasteiger partial charge in [0.25, 0.3) is 0 Å². The predicted octanol–water partition coefficient (Wildman–Crippen LogP) is 2.11. The van der Waals surface area contributed by atoms with Crippen molar-refractivity contribution in [2.45, 2.75) is 38.7 Å². The number of hydrogen-bond donors (Lipinski definition) is 1. The van der Waals surface area contributed by atoms with Crippen molar-refractivity contribution in [1.29, 1.82) is 0 Å². The molecule has 0 spiro atoms. The second-order valence-electron chi connectivity index (χ2n) is 3.13. The molecule has 0 heterocycles. The van der Waals surface area contributed by atoms with Crippen LogP contribution in [0.15, 0.2) is 12.2 Å². The molecular weight excluding hydrogens is 124 g/mol. The second-order valence-corrected chi connectivity index (χ2v) is 3.13. The van der Waals surface area contributed by atoms with Gasteiger partial charge in [-0.2, -0.15) is 0 Å². The van der Waals surface area contributed by atoms with E-state index in [0.29, 0.717) is 5.92 Å². The van der Waals surface area contributed by atoms with Gasteiger partial charge in [0.05, 0.1) is 6.10 Å². The molecule has 10 heavy (non-hydrogen) atoms. The van der Waals surface area contributed by atoms with Gasteiger partial charge in [-0.1, -0.05) is 19.1 Å². The molecule has 2 atom stereocenters. The minimum atomic E-state index is -0.105. The minimum absolute atomic E-state index is 0.105. The Balaban J connectivity index is 2.53. The van der Waals surface area contributed by atoms with Crippen molar-refractivity contribution in [2.75, 3.05) is 0 Å². The Bertz CT molecular complexity index is 129. The van der Waals surface area contributed by atoms with Crippen LogP contribution in [0.4, 0.5) is 0 Å². The molecule has 0 aromatic carbocycles. The summed E-state index contributed by atoms with van der Waals surface area (Å²) in [6, 6.07) is 0. The van der Waals surface area contributed by atoms with Gasteiger partial charge in [-0.25, -0.2) is 0 Å². The van der Waals surface area contributed by atoms with E-state index in [9.17, 15) is 5.11 Å². The molecule has 0 unspecified atom stereocenters. The van der Waals surface area contributed by atoms with Crippen molar-refractivity contribution >= 4 is 0 Å². The minimum Gasteiger partial charge on any atom is -0.393 e. The summed E-state index contributed by atoms with van der Waals surface area (Å²) in [5.74, 6) is 0.383. The number of hydrogen-bond acceptors (Lipinski definition) is 1. The maximum absolute atomic E-state index is 9.48. The molecule has 0 aliphatic heterocycles. The predicted molar refractivity (Wildman–Crippen MR) is 42.8 cm³/mol. The number of aliphatic hydroxyl groups excluding tert-OH is 1. The summed E-state index contributed by atoms with van der Waals surface area (Å²) in [7, 11) is 0. The van der Waals surface area contributed by atoms with Gasteiger partial charge >= 0.3 is 0 Å². The van der Waals surface area contributed by atoms with Crippen LogP contribution in [0.3, 0.4) is 0 Å². The zero-order valence-electron chi connectivity index (χ0n) is 6.64. The highest BCUT2D eigenvalue weighted by molar-refractivity contribution is 5.05. The summed E-state index contributed by atoms with van der Waals surface area (Å²) in [5, 5.41) is 9.48. The maximum Gasteiger partial charge on any atom is 0.0605 e. The van der Waals surface area contributed by atoms with E-state index < -0.39 is 0 Å². The van der Waals surface area contributed by atoms with Crippen molar-refractivity contribution in [3.05, 3.63) is 12.2 Å². The standard InChI is InChI=1S/C9H16O/c1-3-8-7(2)5-4-6-9(8)10/h8-10H,2-6H2,1H3/t8-,9-/m0/s1. The fraction of sp³-hybridized carbons (Fsp3) is 0.778. The first-order valence-corrected chi connectivity index (χ1v) is 4.11. The van der Waals surface area contributed by atoms with Gasteiger partial charge in [0, 0.05) is 5.92 Å². The summed E-state index contributed by atoms with van der Waals surface area (Å²) in [5.41, 5.74) is 1.25. The molecule has 0 amide bonds. The van der Waals surface area contributed by atoms with E-state index >= 15 is 0 Å². The number of rotatable bonds is 1. The Kier molecular flexibility index (Phi) is 2.50. The molecule has 0 radical (unpaired) electrons. The van der Waals surface area contributed by atoms with Gasteiger partial charge in [0.15, 0.2) is 0 Å². The van der Waals surface area contributed by atoms with E-state index in [1.54, 1.807) is 0 Å². The number of aliphatic hydroxyl groups is 1. The first-order valence-electron chi connectivity index (χ1n) is 4.11.